The number of hydrogen-bond acceptors (Lipinski definition) is 1. The largest absolute Gasteiger partial charge is 0.396 e. The minimum absolute atomic E-state index is 0.0972. The lowest BCUT2D eigenvalue weighted by molar-refractivity contribution is 0.177. The van der Waals surface area contributed by atoms with Crippen LogP contribution in [0.15, 0.2) is 30.3 Å². The lowest BCUT2D eigenvalue weighted by Crippen LogP contribution is -2.09. The molecule has 74 valence electrons. The summed E-state index contributed by atoms with van der Waals surface area (Å²) in [6.07, 6.45) is 0. The average molecular weight is 180 g/mol. The summed E-state index contributed by atoms with van der Waals surface area (Å²) in [5.41, 5.74) is 1.42. The molecule has 0 fully saturated rings. The molecular weight excluding hydrogens is 160 g/mol. The van der Waals surface area contributed by atoms with Crippen molar-refractivity contribution in [1.82, 2.24) is 0 Å². The number of rotatable bonds is 0. The van der Waals surface area contributed by atoms with Gasteiger partial charge in [-0.25, -0.2) is 0 Å². The summed E-state index contributed by atoms with van der Waals surface area (Å²) in [5.74, 6) is 0. The van der Waals surface area contributed by atoms with Crippen molar-refractivity contribution in [3.8, 4) is 0 Å². The standard InChI is InChI=1S/C7H8.C5H12O/c1-7-5-3-2-4-6-7;1-5(2,3)4-6/h2-6H,1H3;6H,4H2,1-3H3. The van der Waals surface area contributed by atoms with E-state index in [4.69, 9.17) is 5.11 Å². The van der Waals surface area contributed by atoms with Crippen LogP contribution in [0, 0.1) is 12.3 Å². The topological polar surface area (TPSA) is 20.2 Å². The molecular formula is C12H20O. The molecule has 0 amide bonds. The predicted octanol–water partition coefficient (Wildman–Crippen LogP) is 3.02. The average Bonchev–Trinajstić information content (AvgIpc) is 2.06. The lowest BCUT2D eigenvalue weighted by Gasteiger charge is -2.11. The summed E-state index contributed by atoms with van der Waals surface area (Å²) in [6, 6.07) is 10.3. The van der Waals surface area contributed by atoms with Gasteiger partial charge in [-0.1, -0.05) is 56.7 Å². The maximum atomic E-state index is 8.40. The Bertz CT molecular complexity index is 208. The molecule has 13 heavy (non-hydrogen) atoms. The van der Waals surface area contributed by atoms with Crippen molar-refractivity contribution < 1.29 is 5.11 Å². The first-order valence-corrected chi connectivity index (χ1v) is 4.58. The van der Waals surface area contributed by atoms with E-state index in [1.807, 2.05) is 39.0 Å². The number of aliphatic hydroxyl groups is 1. The molecule has 0 aliphatic carbocycles. The normalized spacial score (nSPS) is 10.2. The quantitative estimate of drug-likeness (QED) is 0.650. The highest BCUT2D eigenvalue weighted by atomic mass is 16.3. The van der Waals surface area contributed by atoms with E-state index in [0.29, 0.717) is 0 Å². The zero-order valence-corrected chi connectivity index (χ0v) is 9.04. The van der Waals surface area contributed by atoms with Gasteiger partial charge in [-0.3, -0.25) is 0 Å². The van der Waals surface area contributed by atoms with Crippen LogP contribution in [-0.4, -0.2) is 11.7 Å². The Hall–Kier alpha value is -0.820. The molecule has 0 aliphatic rings. The molecule has 0 atom stereocenters. The third-order valence-corrected chi connectivity index (χ3v) is 1.41. The summed E-state index contributed by atoms with van der Waals surface area (Å²) in [6.45, 7) is 8.33. The lowest BCUT2D eigenvalue weighted by atomic mass is 9.99. The Morgan fingerprint density at radius 3 is 1.62 bits per heavy atom. The monoisotopic (exact) mass is 180 g/mol. The fraction of sp³-hybridized carbons (Fsp3) is 0.500. The SMILES string of the molecule is CC(C)(C)CO.Cc1ccccc1. The number of benzene rings is 1. The van der Waals surface area contributed by atoms with Crippen LogP contribution in [-0.2, 0) is 0 Å². The van der Waals surface area contributed by atoms with Crippen molar-refractivity contribution in [2.75, 3.05) is 6.61 Å². The molecule has 0 aromatic heterocycles. The Labute approximate surface area is 81.4 Å². The van der Waals surface area contributed by atoms with E-state index in [2.05, 4.69) is 19.1 Å². The summed E-state index contributed by atoms with van der Waals surface area (Å²) in [5, 5.41) is 8.40. The van der Waals surface area contributed by atoms with Gasteiger partial charge in [0.15, 0.2) is 0 Å². The smallest absolute Gasteiger partial charge is 0.0479 e. The summed E-state index contributed by atoms with van der Waals surface area (Å²) < 4.78 is 0. The molecule has 0 bridgehead atoms. The van der Waals surface area contributed by atoms with E-state index in [1.54, 1.807) is 0 Å². The van der Waals surface area contributed by atoms with Gasteiger partial charge < -0.3 is 5.11 Å². The highest BCUT2D eigenvalue weighted by Crippen LogP contribution is 2.09. The van der Waals surface area contributed by atoms with Gasteiger partial charge in [0.2, 0.25) is 0 Å². The minimum Gasteiger partial charge on any atom is -0.396 e. The molecule has 0 aliphatic heterocycles. The van der Waals surface area contributed by atoms with Gasteiger partial charge in [-0.15, -0.1) is 0 Å². The van der Waals surface area contributed by atoms with Crippen LogP contribution < -0.4 is 0 Å². The Kier molecular flexibility index (Phi) is 5.40. The van der Waals surface area contributed by atoms with Gasteiger partial charge in [0.25, 0.3) is 0 Å². The van der Waals surface area contributed by atoms with Crippen LogP contribution in [0.2, 0.25) is 0 Å². The number of aliphatic hydroxyl groups excluding tert-OH is 1. The second-order valence-electron chi connectivity index (χ2n) is 4.37. The van der Waals surface area contributed by atoms with Crippen LogP contribution in [0.5, 0.6) is 0 Å². The van der Waals surface area contributed by atoms with Gasteiger partial charge in [0.05, 0.1) is 0 Å². The molecule has 1 aromatic rings. The van der Waals surface area contributed by atoms with Crippen molar-refractivity contribution in [1.29, 1.82) is 0 Å². The number of aryl methyl sites for hydroxylation is 1. The van der Waals surface area contributed by atoms with Crippen LogP contribution >= 0.6 is 0 Å². The predicted molar refractivity (Wildman–Crippen MR) is 57.7 cm³/mol. The first-order valence-electron chi connectivity index (χ1n) is 4.58. The molecule has 1 N–H and O–H groups in total. The first kappa shape index (κ1) is 12.2. The van der Waals surface area contributed by atoms with E-state index in [-0.39, 0.29) is 12.0 Å². The third kappa shape index (κ3) is 9.09. The second-order valence-corrected chi connectivity index (χ2v) is 4.37. The third-order valence-electron chi connectivity index (χ3n) is 1.41. The van der Waals surface area contributed by atoms with E-state index >= 15 is 0 Å². The highest BCUT2D eigenvalue weighted by molar-refractivity contribution is 5.11. The van der Waals surface area contributed by atoms with Gasteiger partial charge in [0.1, 0.15) is 0 Å². The zero-order chi connectivity index (χ0) is 10.3. The van der Waals surface area contributed by atoms with Gasteiger partial charge in [0, 0.05) is 6.61 Å². The van der Waals surface area contributed by atoms with Crippen molar-refractivity contribution >= 4 is 0 Å². The van der Waals surface area contributed by atoms with Gasteiger partial charge >= 0.3 is 0 Å². The zero-order valence-electron chi connectivity index (χ0n) is 9.04. The molecule has 0 saturated carbocycles. The molecule has 1 aromatic carbocycles. The van der Waals surface area contributed by atoms with E-state index in [1.165, 1.54) is 5.56 Å². The van der Waals surface area contributed by atoms with Crippen molar-refractivity contribution in [2.45, 2.75) is 27.7 Å². The van der Waals surface area contributed by atoms with Crippen LogP contribution in [0.1, 0.15) is 26.3 Å². The van der Waals surface area contributed by atoms with Crippen molar-refractivity contribution in [3.05, 3.63) is 35.9 Å². The minimum atomic E-state index is 0.0972. The summed E-state index contributed by atoms with van der Waals surface area (Å²) in [4.78, 5) is 0. The maximum absolute atomic E-state index is 8.40. The van der Waals surface area contributed by atoms with Crippen molar-refractivity contribution in [3.63, 3.8) is 0 Å². The van der Waals surface area contributed by atoms with Crippen LogP contribution in [0.25, 0.3) is 0 Å². The van der Waals surface area contributed by atoms with E-state index in [9.17, 15) is 0 Å². The molecule has 1 rings (SSSR count). The highest BCUT2D eigenvalue weighted by Gasteiger charge is 2.05. The summed E-state index contributed by atoms with van der Waals surface area (Å²) >= 11 is 0. The first-order chi connectivity index (χ1) is 5.95. The molecule has 0 saturated heterocycles. The number of hydrogen-bond donors (Lipinski definition) is 1. The fourth-order valence-corrected chi connectivity index (χ4v) is 0.534. The Morgan fingerprint density at radius 1 is 1.08 bits per heavy atom. The fourth-order valence-electron chi connectivity index (χ4n) is 0.534. The molecule has 0 heterocycles. The Balaban J connectivity index is 0.000000226. The van der Waals surface area contributed by atoms with Gasteiger partial charge in [-0.05, 0) is 12.3 Å². The molecule has 1 nitrogen and oxygen atoms in total. The summed E-state index contributed by atoms with van der Waals surface area (Å²) in [7, 11) is 0. The van der Waals surface area contributed by atoms with Crippen molar-refractivity contribution in [2.24, 2.45) is 5.41 Å². The Morgan fingerprint density at radius 2 is 1.46 bits per heavy atom. The molecule has 0 spiro atoms. The van der Waals surface area contributed by atoms with Crippen LogP contribution in [0.3, 0.4) is 0 Å². The van der Waals surface area contributed by atoms with E-state index < -0.39 is 0 Å². The second kappa shape index (κ2) is 5.76. The molecule has 1 heteroatoms. The van der Waals surface area contributed by atoms with Gasteiger partial charge in [-0.2, -0.15) is 0 Å². The van der Waals surface area contributed by atoms with Crippen LogP contribution in [0.4, 0.5) is 0 Å². The molecule has 0 unspecified atom stereocenters. The maximum Gasteiger partial charge on any atom is 0.0479 e. The van der Waals surface area contributed by atoms with E-state index in [0.717, 1.165) is 0 Å². The molecule has 0 radical (unpaired) electrons.